The third kappa shape index (κ3) is 5.76. The van der Waals surface area contributed by atoms with Gasteiger partial charge < -0.3 is 10.3 Å². The second kappa shape index (κ2) is 3.72. The minimum absolute atomic E-state index is 0.116. The van der Waals surface area contributed by atoms with Crippen LogP contribution in [0.2, 0.25) is 0 Å². The molecule has 0 aromatic carbocycles. The highest BCUT2D eigenvalue weighted by molar-refractivity contribution is 7.80. The Balaban J connectivity index is 3.18. The third-order valence-electron chi connectivity index (χ3n) is 0.258. The van der Waals surface area contributed by atoms with Gasteiger partial charge in [0.2, 0.25) is 0 Å². The summed E-state index contributed by atoms with van der Waals surface area (Å²) in [6, 6.07) is 0. The minimum atomic E-state index is -2.36. The van der Waals surface area contributed by atoms with Crippen LogP contribution in [0.5, 0.6) is 0 Å². The van der Waals surface area contributed by atoms with Gasteiger partial charge in [0, 0.05) is 11.3 Å². The average Bonchev–Trinajstić information content (AvgIpc) is 1.61. The summed E-state index contributed by atoms with van der Waals surface area (Å²) in [6.45, 7) is 0. The Morgan fingerprint density at radius 1 is 1.88 bits per heavy atom. The van der Waals surface area contributed by atoms with E-state index in [1.807, 2.05) is 5.43 Å². The van der Waals surface area contributed by atoms with Gasteiger partial charge in [0.05, 0.1) is 0 Å². The van der Waals surface area contributed by atoms with E-state index in [1.54, 1.807) is 4.83 Å². The molecular formula is CH4N3O2S2-. The van der Waals surface area contributed by atoms with Crippen molar-refractivity contribution in [2.75, 3.05) is 0 Å². The van der Waals surface area contributed by atoms with E-state index < -0.39 is 11.3 Å². The molecule has 0 spiro atoms. The van der Waals surface area contributed by atoms with Gasteiger partial charge in [-0.15, -0.1) is 0 Å². The number of thiocarbonyl (C=S) groups is 1. The molecule has 5 nitrogen and oxygen atoms in total. The van der Waals surface area contributed by atoms with Crippen LogP contribution in [0.15, 0.2) is 0 Å². The van der Waals surface area contributed by atoms with Crippen LogP contribution in [0.1, 0.15) is 0 Å². The van der Waals surface area contributed by atoms with Gasteiger partial charge in [-0.1, -0.05) is 0 Å². The Morgan fingerprint density at radius 3 is 2.50 bits per heavy atom. The topological polar surface area (TPSA) is 90.2 Å². The van der Waals surface area contributed by atoms with Gasteiger partial charge in [0.1, 0.15) is 0 Å². The highest BCUT2D eigenvalue weighted by Crippen LogP contribution is 1.55. The Morgan fingerprint density at radius 2 is 2.38 bits per heavy atom. The summed E-state index contributed by atoms with van der Waals surface area (Å²) >= 11 is 1.88. The lowest BCUT2D eigenvalue weighted by Crippen LogP contribution is -2.41. The number of nitrogens with one attached hydrogen (secondary N) is 2. The highest BCUT2D eigenvalue weighted by Gasteiger charge is 1.80. The van der Waals surface area contributed by atoms with Crippen molar-refractivity contribution >= 4 is 28.6 Å². The van der Waals surface area contributed by atoms with E-state index in [0.29, 0.717) is 0 Å². The first-order valence-electron chi connectivity index (χ1n) is 1.53. The standard InChI is InChI=1S/CH5N3O2S2/c2-1(7)3-4-8(5)6/h4H,(H,5,6)(H3,2,3,7)/p-1. The van der Waals surface area contributed by atoms with Crippen molar-refractivity contribution in [3.05, 3.63) is 0 Å². The predicted molar refractivity (Wildman–Crippen MR) is 32.0 cm³/mol. The summed E-state index contributed by atoms with van der Waals surface area (Å²) in [7, 11) is 0. The average molecular weight is 154 g/mol. The number of hydrogen-bond acceptors (Lipinski definition) is 3. The summed E-state index contributed by atoms with van der Waals surface area (Å²) in [4.78, 5) is 1.75. The molecule has 7 heteroatoms. The first-order valence-corrected chi connectivity index (χ1v) is 3.01. The van der Waals surface area contributed by atoms with Crippen LogP contribution in [0, 0.1) is 0 Å². The largest absolute Gasteiger partial charge is 0.759 e. The van der Waals surface area contributed by atoms with Gasteiger partial charge in [0.25, 0.3) is 0 Å². The summed E-state index contributed by atoms with van der Waals surface area (Å²) in [5.41, 5.74) is 6.82. The van der Waals surface area contributed by atoms with E-state index in [9.17, 15) is 8.76 Å². The fraction of sp³-hybridized carbons (Fsp3) is 0. The molecule has 0 saturated heterocycles. The molecule has 0 saturated carbocycles. The van der Waals surface area contributed by atoms with Gasteiger partial charge in [0.15, 0.2) is 5.11 Å². The van der Waals surface area contributed by atoms with Crippen LogP contribution in [-0.2, 0) is 11.3 Å². The quantitative estimate of drug-likeness (QED) is 0.246. The zero-order chi connectivity index (χ0) is 6.57. The fourth-order valence-corrected chi connectivity index (χ4v) is 0.401. The maximum absolute atomic E-state index is 9.61. The lowest BCUT2D eigenvalue weighted by Gasteiger charge is -2.06. The number of rotatable bonds is 2. The Hall–Kier alpha value is -0.240. The van der Waals surface area contributed by atoms with Crippen LogP contribution < -0.4 is 16.0 Å². The van der Waals surface area contributed by atoms with E-state index >= 15 is 0 Å². The minimum Gasteiger partial charge on any atom is -0.759 e. The molecule has 0 rings (SSSR count). The second-order valence-corrected chi connectivity index (χ2v) is 1.94. The molecule has 0 heterocycles. The van der Waals surface area contributed by atoms with Crippen LogP contribution in [0.25, 0.3) is 0 Å². The molecule has 4 N–H and O–H groups in total. The highest BCUT2D eigenvalue weighted by atomic mass is 32.2. The van der Waals surface area contributed by atoms with E-state index in [1.165, 1.54) is 0 Å². The molecule has 0 aliphatic carbocycles. The lowest BCUT2D eigenvalue weighted by atomic mass is 11.2. The summed E-state index contributed by atoms with van der Waals surface area (Å²) in [6.07, 6.45) is 0. The molecule has 0 amide bonds. The smallest absolute Gasteiger partial charge is 0.178 e. The van der Waals surface area contributed by atoms with Gasteiger partial charge >= 0.3 is 0 Å². The maximum atomic E-state index is 9.61. The van der Waals surface area contributed by atoms with Crippen molar-refractivity contribution in [2.45, 2.75) is 0 Å². The molecule has 48 valence electrons. The zero-order valence-electron chi connectivity index (χ0n) is 3.71. The Bertz CT molecular complexity index is 99.9. The van der Waals surface area contributed by atoms with Gasteiger partial charge in [-0.25, -0.2) is 0 Å². The van der Waals surface area contributed by atoms with Crippen molar-refractivity contribution in [3.8, 4) is 0 Å². The molecule has 0 radical (unpaired) electrons. The zero-order valence-corrected chi connectivity index (χ0v) is 5.34. The monoisotopic (exact) mass is 154 g/mol. The molecule has 0 aliphatic heterocycles. The van der Waals surface area contributed by atoms with E-state index in [2.05, 4.69) is 12.2 Å². The number of hydrogen-bond donors (Lipinski definition) is 3. The summed E-state index contributed by atoms with van der Waals surface area (Å²) < 4.78 is 19.2. The van der Waals surface area contributed by atoms with E-state index in [4.69, 9.17) is 5.73 Å². The van der Waals surface area contributed by atoms with E-state index in [-0.39, 0.29) is 5.11 Å². The fourth-order valence-electron chi connectivity index (χ4n) is 0.0920. The SMILES string of the molecule is NC(=S)NNS(=O)[O-]. The number of hydrazine groups is 1. The normalized spacial score (nSPS) is 12.6. The van der Waals surface area contributed by atoms with Crippen LogP contribution in [0.4, 0.5) is 0 Å². The Labute approximate surface area is 54.0 Å². The van der Waals surface area contributed by atoms with Crippen LogP contribution in [-0.4, -0.2) is 13.9 Å². The summed E-state index contributed by atoms with van der Waals surface area (Å²) in [5.74, 6) is 0. The van der Waals surface area contributed by atoms with Gasteiger partial charge in [-0.2, -0.15) is 4.83 Å². The molecule has 1 unspecified atom stereocenters. The molecule has 0 aromatic heterocycles. The van der Waals surface area contributed by atoms with Crippen molar-refractivity contribution < 1.29 is 8.76 Å². The van der Waals surface area contributed by atoms with Crippen LogP contribution >= 0.6 is 12.2 Å². The first kappa shape index (κ1) is 7.76. The molecule has 0 bridgehead atoms. The molecular weight excluding hydrogens is 150 g/mol. The van der Waals surface area contributed by atoms with Crippen molar-refractivity contribution in [1.29, 1.82) is 0 Å². The number of nitrogens with two attached hydrogens (primary N) is 1. The molecule has 0 aliphatic rings. The summed E-state index contributed by atoms with van der Waals surface area (Å²) in [5, 5.41) is -0.116. The van der Waals surface area contributed by atoms with Gasteiger partial charge in [-0.05, 0) is 12.2 Å². The molecule has 8 heavy (non-hydrogen) atoms. The molecule has 1 atom stereocenters. The first-order chi connectivity index (χ1) is 3.63. The third-order valence-corrected chi connectivity index (χ3v) is 0.628. The maximum Gasteiger partial charge on any atom is 0.178 e. The van der Waals surface area contributed by atoms with E-state index in [0.717, 1.165) is 0 Å². The molecule has 0 fully saturated rings. The van der Waals surface area contributed by atoms with Crippen molar-refractivity contribution in [3.63, 3.8) is 0 Å². The van der Waals surface area contributed by atoms with Gasteiger partial charge in [-0.3, -0.25) is 9.63 Å². The second-order valence-electron chi connectivity index (χ2n) is 0.826. The van der Waals surface area contributed by atoms with Crippen molar-refractivity contribution in [1.82, 2.24) is 10.3 Å². The lowest BCUT2D eigenvalue weighted by molar-refractivity contribution is 0.519. The van der Waals surface area contributed by atoms with Crippen LogP contribution in [0.3, 0.4) is 0 Å². The Kier molecular flexibility index (Phi) is 3.61. The molecule has 0 aromatic rings. The predicted octanol–water partition coefficient (Wildman–Crippen LogP) is -1.88. The van der Waals surface area contributed by atoms with Crippen molar-refractivity contribution in [2.24, 2.45) is 5.73 Å².